The van der Waals surface area contributed by atoms with Crippen LogP contribution in [0.1, 0.15) is 11.1 Å². The Balaban J connectivity index is 2.49. The van der Waals surface area contributed by atoms with Gasteiger partial charge in [-0.2, -0.15) is 0 Å². The van der Waals surface area contributed by atoms with Gasteiger partial charge in [-0.15, -0.1) is 0 Å². The molecule has 0 saturated heterocycles. The van der Waals surface area contributed by atoms with Gasteiger partial charge in [-0.25, -0.2) is 4.99 Å². The van der Waals surface area contributed by atoms with E-state index in [1.807, 2.05) is 60.7 Å². The van der Waals surface area contributed by atoms with Gasteiger partial charge in [0.05, 0.1) is 0 Å². The van der Waals surface area contributed by atoms with Crippen molar-refractivity contribution in [2.45, 2.75) is 0 Å². The molecule has 0 unspecified atom stereocenters. The summed E-state index contributed by atoms with van der Waals surface area (Å²) in [6.45, 7) is 0. The molecule has 0 radical (unpaired) electrons. The van der Waals surface area contributed by atoms with Crippen LogP contribution >= 0.6 is 0 Å². The molecule has 2 aromatic carbocycles. The van der Waals surface area contributed by atoms with Crippen LogP contribution in [0.3, 0.4) is 0 Å². The van der Waals surface area contributed by atoms with Crippen LogP contribution in [-0.2, 0) is 0 Å². The maximum absolute atomic E-state index is 5.38. The van der Waals surface area contributed by atoms with Crippen molar-refractivity contribution in [3.05, 3.63) is 78.0 Å². The highest BCUT2D eigenvalue weighted by atomic mass is 15.0. The minimum atomic E-state index is 0.0550. The highest BCUT2D eigenvalue weighted by Gasteiger charge is 2.03. The van der Waals surface area contributed by atoms with E-state index >= 15 is 0 Å². The summed E-state index contributed by atoms with van der Waals surface area (Å²) < 4.78 is 0. The van der Waals surface area contributed by atoms with Crippen molar-refractivity contribution in [1.29, 1.82) is 0 Å². The Hall–Kier alpha value is -2.55. The van der Waals surface area contributed by atoms with E-state index in [2.05, 4.69) is 4.99 Å². The summed E-state index contributed by atoms with van der Waals surface area (Å²) in [6.07, 6.45) is 1.69. The number of nitrogens with two attached hydrogens (primary N) is 2. The van der Waals surface area contributed by atoms with Gasteiger partial charge in [0.1, 0.15) is 0 Å². The number of hydrogen-bond donors (Lipinski definition) is 2. The van der Waals surface area contributed by atoms with E-state index in [0.29, 0.717) is 0 Å². The van der Waals surface area contributed by atoms with Crippen LogP contribution in [0.15, 0.2) is 71.9 Å². The summed E-state index contributed by atoms with van der Waals surface area (Å²) >= 11 is 0. The molecule has 4 N–H and O–H groups in total. The van der Waals surface area contributed by atoms with Crippen LogP contribution in [0.25, 0.3) is 5.57 Å². The lowest BCUT2D eigenvalue weighted by molar-refractivity contribution is 1.42. The minimum Gasteiger partial charge on any atom is -0.370 e. The molecule has 0 saturated carbocycles. The first kappa shape index (κ1) is 11.9. The van der Waals surface area contributed by atoms with E-state index in [9.17, 15) is 0 Å². The van der Waals surface area contributed by atoms with Gasteiger partial charge < -0.3 is 11.5 Å². The van der Waals surface area contributed by atoms with Crippen LogP contribution in [0.4, 0.5) is 0 Å². The molecule has 0 heterocycles. The zero-order valence-electron chi connectivity index (χ0n) is 9.95. The normalized spacial score (nSPS) is 9.56. The third-order valence-corrected chi connectivity index (χ3v) is 2.51. The average Bonchev–Trinajstić information content (AvgIpc) is 2.41. The van der Waals surface area contributed by atoms with Gasteiger partial charge in [0.15, 0.2) is 5.96 Å². The lowest BCUT2D eigenvalue weighted by atomic mass is 9.99. The summed E-state index contributed by atoms with van der Waals surface area (Å²) in [6, 6.07) is 20.0. The molecule has 90 valence electrons. The van der Waals surface area contributed by atoms with E-state index in [0.717, 1.165) is 16.7 Å². The Morgan fingerprint density at radius 3 is 1.61 bits per heavy atom. The maximum atomic E-state index is 5.38. The first-order valence-electron chi connectivity index (χ1n) is 5.67. The Labute approximate surface area is 106 Å². The fourth-order valence-electron chi connectivity index (χ4n) is 1.69. The lowest BCUT2D eigenvalue weighted by Crippen LogP contribution is -2.21. The van der Waals surface area contributed by atoms with Gasteiger partial charge in [0.2, 0.25) is 0 Å². The number of benzene rings is 2. The molecule has 0 atom stereocenters. The van der Waals surface area contributed by atoms with E-state index in [1.54, 1.807) is 6.20 Å². The average molecular weight is 237 g/mol. The van der Waals surface area contributed by atoms with Crippen molar-refractivity contribution < 1.29 is 0 Å². The summed E-state index contributed by atoms with van der Waals surface area (Å²) in [7, 11) is 0. The van der Waals surface area contributed by atoms with Crippen molar-refractivity contribution in [1.82, 2.24) is 0 Å². The third kappa shape index (κ3) is 2.98. The zero-order valence-corrected chi connectivity index (χ0v) is 9.95. The molecule has 3 heteroatoms. The van der Waals surface area contributed by atoms with Crippen molar-refractivity contribution in [2.75, 3.05) is 0 Å². The molecule has 2 rings (SSSR count). The van der Waals surface area contributed by atoms with E-state index in [1.165, 1.54) is 0 Å². The van der Waals surface area contributed by atoms with Crippen LogP contribution in [0, 0.1) is 0 Å². The minimum absolute atomic E-state index is 0.0550. The number of hydrogen-bond acceptors (Lipinski definition) is 1. The highest BCUT2D eigenvalue weighted by molar-refractivity contribution is 5.82. The fraction of sp³-hybridized carbons (Fsp3) is 0. The van der Waals surface area contributed by atoms with Gasteiger partial charge >= 0.3 is 0 Å². The first-order valence-corrected chi connectivity index (χ1v) is 5.67. The van der Waals surface area contributed by atoms with Crippen LogP contribution in [0.2, 0.25) is 0 Å². The van der Waals surface area contributed by atoms with Gasteiger partial charge in [-0.3, -0.25) is 0 Å². The Kier molecular flexibility index (Phi) is 3.76. The monoisotopic (exact) mass is 237 g/mol. The number of rotatable bonds is 3. The summed E-state index contributed by atoms with van der Waals surface area (Å²) in [4.78, 5) is 3.99. The number of guanidine groups is 1. The van der Waals surface area contributed by atoms with Gasteiger partial charge in [-0.05, 0) is 11.1 Å². The van der Waals surface area contributed by atoms with Gasteiger partial charge in [0, 0.05) is 11.8 Å². The second kappa shape index (κ2) is 5.68. The third-order valence-electron chi connectivity index (χ3n) is 2.51. The zero-order chi connectivity index (χ0) is 12.8. The lowest BCUT2D eigenvalue weighted by Gasteiger charge is -2.06. The Morgan fingerprint density at radius 1 is 0.778 bits per heavy atom. The SMILES string of the molecule is NC(N)=NC=C(c1ccccc1)c1ccccc1. The van der Waals surface area contributed by atoms with E-state index in [4.69, 9.17) is 11.5 Å². The topological polar surface area (TPSA) is 64.4 Å². The van der Waals surface area contributed by atoms with Crippen molar-refractivity contribution >= 4 is 11.5 Å². The van der Waals surface area contributed by atoms with Gasteiger partial charge in [0.25, 0.3) is 0 Å². The molecule has 0 amide bonds. The van der Waals surface area contributed by atoms with Crippen LogP contribution < -0.4 is 11.5 Å². The van der Waals surface area contributed by atoms with Crippen molar-refractivity contribution in [3.8, 4) is 0 Å². The molecule has 0 fully saturated rings. The van der Waals surface area contributed by atoms with Gasteiger partial charge in [-0.1, -0.05) is 60.7 Å². The maximum Gasteiger partial charge on any atom is 0.190 e. The molecule has 0 aliphatic carbocycles. The first-order chi connectivity index (χ1) is 8.77. The molecular weight excluding hydrogens is 222 g/mol. The van der Waals surface area contributed by atoms with E-state index in [-0.39, 0.29) is 5.96 Å². The molecule has 0 aliphatic rings. The Bertz CT molecular complexity index is 511. The largest absolute Gasteiger partial charge is 0.370 e. The second-order valence-electron chi connectivity index (χ2n) is 3.83. The van der Waals surface area contributed by atoms with Crippen molar-refractivity contribution in [3.63, 3.8) is 0 Å². The van der Waals surface area contributed by atoms with Crippen LogP contribution in [0.5, 0.6) is 0 Å². The number of aliphatic imine (C=N–C) groups is 1. The summed E-state index contributed by atoms with van der Waals surface area (Å²) in [5.74, 6) is 0.0550. The van der Waals surface area contributed by atoms with Crippen LogP contribution in [-0.4, -0.2) is 5.96 Å². The fourth-order valence-corrected chi connectivity index (χ4v) is 1.69. The standard InChI is InChI=1S/C15H15N3/c16-15(17)18-11-14(12-7-3-1-4-8-12)13-9-5-2-6-10-13/h1-11H,(H4,16,17,18). The highest BCUT2D eigenvalue weighted by Crippen LogP contribution is 2.22. The summed E-state index contributed by atoms with van der Waals surface area (Å²) in [5.41, 5.74) is 13.9. The smallest absolute Gasteiger partial charge is 0.190 e. The van der Waals surface area contributed by atoms with E-state index < -0.39 is 0 Å². The molecule has 18 heavy (non-hydrogen) atoms. The molecule has 0 aromatic heterocycles. The predicted molar refractivity (Wildman–Crippen MR) is 75.8 cm³/mol. The number of nitrogens with zero attached hydrogens (tertiary/aromatic N) is 1. The molecule has 0 bridgehead atoms. The predicted octanol–water partition coefficient (Wildman–Crippen LogP) is 2.35. The second-order valence-corrected chi connectivity index (χ2v) is 3.83. The quantitative estimate of drug-likeness (QED) is 0.635. The molecular formula is C15H15N3. The Morgan fingerprint density at radius 2 is 1.22 bits per heavy atom. The molecule has 0 aliphatic heterocycles. The van der Waals surface area contributed by atoms with Crippen molar-refractivity contribution in [2.24, 2.45) is 16.5 Å². The molecule has 0 spiro atoms. The molecule has 2 aromatic rings. The summed E-state index contributed by atoms with van der Waals surface area (Å²) in [5, 5.41) is 0. The molecule has 3 nitrogen and oxygen atoms in total.